The number of phenolic OH excluding ortho intramolecular Hbond substituents is 1. The summed E-state index contributed by atoms with van der Waals surface area (Å²) in [4.78, 5) is 11.2. The molecule has 1 atom stereocenters. The summed E-state index contributed by atoms with van der Waals surface area (Å²) in [5, 5.41) is 12.8. The van der Waals surface area contributed by atoms with E-state index in [1.807, 2.05) is 26.0 Å². The van der Waals surface area contributed by atoms with E-state index in [9.17, 15) is 9.90 Å². The van der Waals surface area contributed by atoms with Crippen LogP contribution >= 0.6 is 0 Å². The number of hydrogen-bond acceptors (Lipinski definition) is 4. The number of nitrogens with one attached hydrogen (secondary N) is 1. The van der Waals surface area contributed by atoms with Crippen molar-refractivity contribution in [3.63, 3.8) is 0 Å². The first-order valence-electron chi connectivity index (χ1n) is 5.73. The Labute approximate surface area is 102 Å². The minimum absolute atomic E-state index is 0.0972. The number of benzene rings is 1. The largest absolute Gasteiger partial charge is 0.508 e. The summed E-state index contributed by atoms with van der Waals surface area (Å²) in [5.41, 5.74) is 1.78. The van der Waals surface area contributed by atoms with Crippen molar-refractivity contribution in [3.8, 4) is 5.75 Å². The Hall–Kier alpha value is -1.55. The van der Waals surface area contributed by atoms with Gasteiger partial charge in [0.05, 0.1) is 13.2 Å². The molecule has 1 aromatic rings. The number of carbonyl (C=O) groups excluding carboxylic acids is 1. The smallest absolute Gasteiger partial charge is 0.319 e. The van der Waals surface area contributed by atoms with Crippen LogP contribution in [0.5, 0.6) is 5.75 Å². The molecule has 1 aromatic carbocycles. The van der Waals surface area contributed by atoms with Crippen LogP contribution < -0.4 is 5.32 Å². The zero-order valence-corrected chi connectivity index (χ0v) is 10.5. The van der Waals surface area contributed by atoms with Crippen LogP contribution in [0, 0.1) is 6.92 Å². The van der Waals surface area contributed by atoms with Crippen LogP contribution in [0.2, 0.25) is 0 Å². The van der Waals surface area contributed by atoms with E-state index >= 15 is 0 Å². The number of aryl methyl sites for hydroxylation is 1. The zero-order chi connectivity index (χ0) is 12.8. The van der Waals surface area contributed by atoms with Gasteiger partial charge in [-0.3, -0.25) is 4.79 Å². The minimum Gasteiger partial charge on any atom is -0.508 e. The van der Waals surface area contributed by atoms with Gasteiger partial charge < -0.3 is 15.2 Å². The van der Waals surface area contributed by atoms with E-state index in [2.05, 4.69) is 5.32 Å². The number of carbonyl (C=O) groups is 1. The van der Waals surface area contributed by atoms with E-state index in [-0.39, 0.29) is 24.3 Å². The Morgan fingerprint density at radius 2 is 2.24 bits per heavy atom. The van der Waals surface area contributed by atoms with Crippen LogP contribution in [0.15, 0.2) is 18.2 Å². The van der Waals surface area contributed by atoms with Crippen LogP contribution in [0.4, 0.5) is 0 Å². The lowest BCUT2D eigenvalue weighted by Gasteiger charge is -2.15. The Kier molecular flexibility index (Phi) is 4.97. The van der Waals surface area contributed by atoms with Crippen molar-refractivity contribution >= 4 is 5.97 Å². The molecule has 0 spiro atoms. The normalized spacial score (nSPS) is 12.2. The molecule has 1 rings (SSSR count). The second-order valence-corrected chi connectivity index (χ2v) is 3.97. The molecule has 94 valence electrons. The fourth-order valence-corrected chi connectivity index (χ4v) is 1.58. The molecule has 0 saturated heterocycles. The lowest BCUT2D eigenvalue weighted by atomic mass is 10.1. The minimum atomic E-state index is -0.286. The molecule has 17 heavy (non-hydrogen) atoms. The fourth-order valence-electron chi connectivity index (χ4n) is 1.58. The van der Waals surface area contributed by atoms with Crippen LogP contribution in [0.3, 0.4) is 0 Å². The van der Waals surface area contributed by atoms with Gasteiger partial charge in [0.1, 0.15) is 5.75 Å². The third-order valence-corrected chi connectivity index (χ3v) is 2.51. The van der Waals surface area contributed by atoms with Crippen LogP contribution in [-0.2, 0) is 9.53 Å². The number of phenols is 1. The molecule has 0 heterocycles. The van der Waals surface area contributed by atoms with Gasteiger partial charge in [0.2, 0.25) is 0 Å². The standard InChI is InChI=1S/C13H19NO3/c1-4-17-13(16)8-14-10(3)11-6-5-9(2)7-12(11)15/h5-7,10,14-15H,4,8H2,1-3H3. The summed E-state index contributed by atoms with van der Waals surface area (Å²) >= 11 is 0. The van der Waals surface area contributed by atoms with Crippen LogP contribution in [-0.4, -0.2) is 24.2 Å². The average molecular weight is 237 g/mol. The van der Waals surface area contributed by atoms with E-state index in [0.717, 1.165) is 11.1 Å². The monoisotopic (exact) mass is 237 g/mol. The van der Waals surface area contributed by atoms with Crippen molar-refractivity contribution in [1.29, 1.82) is 0 Å². The molecule has 4 nitrogen and oxygen atoms in total. The molecule has 0 aromatic heterocycles. The maximum absolute atomic E-state index is 11.2. The van der Waals surface area contributed by atoms with Crippen molar-refractivity contribution < 1.29 is 14.6 Å². The third-order valence-electron chi connectivity index (χ3n) is 2.51. The number of ether oxygens (including phenoxy) is 1. The topological polar surface area (TPSA) is 58.6 Å². The Bertz CT molecular complexity index is 390. The van der Waals surface area contributed by atoms with E-state index in [1.54, 1.807) is 13.0 Å². The number of esters is 1. The van der Waals surface area contributed by atoms with Gasteiger partial charge in [-0.25, -0.2) is 0 Å². The van der Waals surface area contributed by atoms with Gasteiger partial charge in [-0.2, -0.15) is 0 Å². The molecule has 0 aliphatic rings. The fraction of sp³-hybridized carbons (Fsp3) is 0.462. The molecule has 0 fully saturated rings. The highest BCUT2D eigenvalue weighted by atomic mass is 16.5. The molecule has 2 N–H and O–H groups in total. The summed E-state index contributed by atoms with van der Waals surface area (Å²) in [6, 6.07) is 5.39. The van der Waals surface area contributed by atoms with Crippen molar-refractivity contribution in [2.24, 2.45) is 0 Å². The maximum Gasteiger partial charge on any atom is 0.319 e. The molecule has 0 aliphatic carbocycles. The molecule has 0 amide bonds. The van der Waals surface area contributed by atoms with Gasteiger partial charge in [-0.1, -0.05) is 12.1 Å². The van der Waals surface area contributed by atoms with E-state index in [1.165, 1.54) is 0 Å². The van der Waals surface area contributed by atoms with E-state index < -0.39 is 0 Å². The SMILES string of the molecule is CCOC(=O)CNC(C)c1ccc(C)cc1O. The first kappa shape index (κ1) is 13.5. The lowest BCUT2D eigenvalue weighted by molar-refractivity contribution is -0.142. The second-order valence-electron chi connectivity index (χ2n) is 3.97. The molecule has 4 heteroatoms. The molecule has 0 aliphatic heterocycles. The molecule has 0 bridgehead atoms. The lowest BCUT2D eigenvalue weighted by Crippen LogP contribution is -2.27. The van der Waals surface area contributed by atoms with Gasteiger partial charge in [0.25, 0.3) is 0 Å². The van der Waals surface area contributed by atoms with E-state index in [0.29, 0.717) is 6.61 Å². The number of hydrogen-bond donors (Lipinski definition) is 2. The molecule has 0 radical (unpaired) electrons. The Morgan fingerprint density at radius 3 is 2.82 bits per heavy atom. The molecular weight excluding hydrogens is 218 g/mol. The first-order valence-corrected chi connectivity index (χ1v) is 5.73. The highest BCUT2D eigenvalue weighted by Gasteiger charge is 2.11. The van der Waals surface area contributed by atoms with E-state index in [4.69, 9.17) is 4.74 Å². The summed E-state index contributed by atoms with van der Waals surface area (Å²) in [6.07, 6.45) is 0. The predicted octanol–water partition coefficient (Wildman–Crippen LogP) is 1.91. The summed E-state index contributed by atoms with van der Waals surface area (Å²) in [5.74, 6) is -0.0418. The van der Waals surface area contributed by atoms with Crippen molar-refractivity contribution in [2.45, 2.75) is 26.8 Å². The summed E-state index contributed by atoms with van der Waals surface area (Å²) < 4.78 is 4.81. The summed E-state index contributed by atoms with van der Waals surface area (Å²) in [6.45, 7) is 6.10. The van der Waals surface area contributed by atoms with Crippen molar-refractivity contribution in [1.82, 2.24) is 5.32 Å². The third kappa shape index (κ3) is 4.07. The van der Waals surface area contributed by atoms with Gasteiger partial charge in [-0.05, 0) is 32.4 Å². The van der Waals surface area contributed by atoms with Gasteiger partial charge in [0.15, 0.2) is 0 Å². The highest BCUT2D eigenvalue weighted by molar-refractivity contribution is 5.71. The zero-order valence-electron chi connectivity index (χ0n) is 10.5. The van der Waals surface area contributed by atoms with Gasteiger partial charge in [0, 0.05) is 11.6 Å². The summed E-state index contributed by atoms with van der Waals surface area (Å²) in [7, 11) is 0. The second kappa shape index (κ2) is 6.25. The maximum atomic E-state index is 11.2. The molecule has 1 unspecified atom stereocenters. The van der Waals surface area contributed by atoms with Crippen molar-refractivity contribution in [3.05, 3.63) is 29.3 Å². The Morgan fingerprint density at radius 1 is 1.53 bits per heavy atom. The van der Waals surface area contributed by atoms with Gasteiger partial charge in [-0.15, -0.1) is 0 Å². The number of aromatic hydroxyl groups is 1. The van der Waals surface area contributed by atoms with Gasteiger partial charge >= 0.3 is 5.97 Å². The quantitative estimate of drug-likeness (QED) is 0.768. The molecule has 0 saturated carbocycles. The van der Waals surface area contributed by atoms with Crippen LogP contribution in [0.25, 0.3) is 0 Å². The Balaban J connectivity index is 2.57. The molecular formula is C13H19NO3. The van der Waals surface area contributed by atoms with Crippen LogP contribution in [0.1, 0.15) is 31.0 Å². The van der Waals surface area contributed by atoms with Crippen molar-refractivity contribution in [2.75, 3.05) is 13.2 Å². The first-order chi connectivity index (χ1) is 8.04. The number of rotatable bonds is 5. The predicted molar refractivity (Wildman–Crippen MR) is 65.9 cm³/mol. The highest BCUT2D eigenvalue weighted by Crippen LogP contribution is 2.24. The average Bonchev–Trinajstić information content (AvgIpc) is 2.26.